The third-order valence-electron chi connectivity index (χ3n) is 5.59. The molecule has 1 saturated heterocycles. The molecule has 0 aromatic heterocycles. The molecule has 0 bridgehead atoms. The summed E-state index contributed by atoms with van der Waals surface area (Å²) in [5.41, 5.74) is 10.4. The molecular weight excluding hydrogens is 332 g/mol. The van der Waals surface area contributed by atoms with Crippen molar-refractivity contribution < 1.29 is 0 Å². The second-order valence-corrected chi connectivity index (χ2v) is 7.90. The molecule has 0 aliphatic carbocycles. The van der Waals surface area contributed by atoms with Crippen LogP contribution in [0.4, 0.5) is 0 Å². The van der Waals surface area contributed by atoms with Gasteiger partial charge in [0.2, 0.25) is 0 Å². The summed E-state index contributed by atoms with van der Waals surface area (Å²) in [7, 11) is 2.19. The van der Waals surface area contributed by atoms with Gasteiger partial charge >= 0.3 is 0 Å². The zero-order chi connectivity index (χ0) is 19.8. The first-order valence-electron chi connectivity index (χ1n) is 10.1. The Morgan fingerprint density at radius 3 is 2.26 bits per heavy atom. The van der Waals surface area contributed by atoms with Gasteiger partial charge in [-0.05, 0) is 36.6 Å². The lowest BCUT2D eigenvalue weighted by atomic mass is 9.95. The summed E-state index contributed by atoms with van der Waals surface area (Å²) in [6.45, 7) is 14.2. The number of rotatable bonds is 7. The number of nitrogens with zero attached hydrogens (tertiary/aromatic N) is 3. The molecule has 1 aliphatic heterocycles. The Morgan fingerprint density at radius 2 is 1.74 bits per heavy atom. The molecule has 148 valence electrons. The second kappa shape index (κ2) is 10.4. The highest BCUT2D eigenvalue weighted by molar-refractivity contribution is 6.10. The van der Waals surface area contributed by atoms with Crippen molar-refractivity contribution >= 4 is 11.8 Å². The first-order valence-corrected chi connectivity index (χ1v) is 10.1. The average Bonchev–Trinajstić information content (AvgIpc) is 2.67. The van der Waals surface area contributed by atoms with E-state index in [0.29, 0.717) is 11.8 Å². The van der Waals surface area contributed by atoms with Crippen molar-refractivity contribution in [2.45, 2.75) is 34.2 Å². The Labute approximate surface area is 165 Å². The molecule has 2 rings (SSSR count). The van der Waals surface area contributed by atoms with Gasteiger partial charge in [0, 0.05) is 51.1 Å². The van der Waals surface area contributed by atoms with E-state index in [1.807, 2.05) is 6.21 Å². The monoisotopic (exact) mass is 368 g/mol. The maximum absolute atomic E-state index is 5.79. The van der Waals surface area contributed by atoms with E-state index in [1.54, 1.807) is 6.20 Å². The molecule has 1 aromatic carbocycles. The smallest absolute Gasteiger partial charge is 0.0588 e. The molecule has 0 radical (unpaired) electrons. The Bertz CT molecular complexity index is 662. The van der Waals surface area contributed by atoms with Gasteiger partial charge in [0.1, 0.15) is 0 Å². The predicted octanol–water partition coefficient (Wildman–Crippen LogP) is 4.00. The van der Waals surface area contributed by atoms with Gasteiger partial charge in [-0.3, -0.25) is 9.89 Å². The van der Waals surface area contributed by atoms with Gasteiger partial charge in [-0.15, -0.1) is 0 Å². The van der Waals surface area contributed by atoms with Gasteiger partial charge in [0.05, 0.1) is 5.70 Å². The van der Waals surface area contributed by atoms with Gasteiger partial charge < -0.3 is 10.6 Å². The van der Waals surface area contributed by atoms with Crippen molar-refractivity contribution in [2.24, 2.45) is 22.6 Å². The van der Waals surface area contributed by atoms with Gasteiger partial charge in [-0.25, -0.2) is 0 Å². The lowest BCUT2D eigenvalue weighted by Crippen LogP contribution is -2.43. The Kier molecular flexibility index (Phi) is 8.26. The van der Waals surface area contributed by atoms with Gasteiger partial charge in [-0.1, -0.05) is 51.1 Å². The van der Waals surface area contributed by atoms with Crippen molar-refractivity contribution in [3.8, 4) is 0 Å². The topological polar surface area (TPSA) is 44.9 Å². The Balaban J connectivity index is 2.02. The zero-order valence-corrected chi connectivity index (χ0v) is 17.7. The van der Waals surface area contributed by atoms with Crippen LogP contribution in [0.25, 0.3) is 5.57 Å². The molecule has 1 heterocycles. The molecule has 0 saturated carbocycles. The van der Waals surface area contributed by atoms with Gasteiger partial charge in [-0.2, -0.15) is 0 Å². The normalized spacial score (nSPS) is 19.2. The summed E-state index contributed by atoms with van der Waals surface area (Å²) in [6.07, 6.45) is 5.67. The first kappa shape index (κ1) is 21.4. The number of aliphatic imine (C=N–C) groups is 1. The van der Waals surface area contributed by atoms with E-state index >= 15 is 0 Å². The Morgan fingerprint density at radius 1 is 1.11 bits per heavy atom. The lowest BCUT2D eigenvalue weighted by Gasteiger charge is -2.32. The molecule has 1 aliphatic rings. The summed E-state index contributed by atoms with van der Waals surface area (Å²) in [5.74, 6) is 0.857. The van der Waals surface area contributed by atoms with Crippen LogP contribution < -0.4 is 5.73 Å². The minimum atomic E-state index is 0.343. The number of hydrogen-bond donors (Lipinski definition) is 1. The van der Waals surface area contributed by atoms with Crippen LogP contribution in [0.15, 0.2) is 47.2 Å². The van der Waals surface area contributed by atoms with E-state index < -0.39 is 0 Å². The summed E-state index contributed by atoms with van der Waals surface area (Å²) in [6, 6.07) is 8.87. The highest BCUT2D eigenvalue weighted by Crippen LogP contribution is 2.21. The lowest BCUT2D eigenvalue weighted by molar-refractivity contribution is 0.148. The maximum atomic E-state index is 5.79. The molecular formula is C23H36N4. The van der Waals surface area contributed by atoms with E-state index in [4.69, 9.17) is 5.73 Å². The molecule has 1 atom stereocenters. The zero-order valence-electron chi connectivity index (χ0n) is 17.7. The SMILES string of the molecule is C\C=C(/C=N\C(=C/N)[C@@H](C)C(C)C)c1ccc(CN2CCN(C)CC2)cc1. The van der Waals surface area contributed by atoms with Crippen molar-refractivity contribution in [1.29, 1.82) is 0 Å². The molecule has 0 unspecified atom stereocenters. The number of nitrogens with two attached hydrogens (primary N) is 1. The summed E-state index contributed by atoms with van der Waals surface area (Å²) >= 11 is 0. The molecule has 1 aromatic rings. The molecule has 1 fully saturated rings. The van der Waals surface area contributed by atoms with Crippen molar-refractivity contribution in [2.75, 3.05) is 33.2 Å². The fraction of sp³-hybridized carbons (Fsp3) is 0.522. The van der Waals surface area contributed by atoms with E-state index in [1.165, 1.54) is 11.1 Å². The quantitative estimate of drug-likeness (QED) is 0.740. The van der Waals surface area contributed by atoms with Gasteiger partial charge in [0.15, 0.2) is 0 Å². The first-order chi connectivity index (χ1) is 12.9. The second-order valence-electron chi connectivity index (χ2n) is 7.90. The van der Waals surface area contributed by atoms with Crippen molar-refractivity contribution in [3.63, 3.8) is 0 Å². The van der Waals surface area contributed by atoms with Crippen molar-refractivity contribution in [1.82, 2.24) is 9.80 Å². The summed E-state index contributed by atoms with van der Waals surface area (Å²) in [5, 5.41) is 0. The number of allylic oxidation sites excluding steroid dienone is 3. The summed E-state index contributed by atoms with van der Waals surface area (Å²) in [4.78, 5) is 9.58. The minimum Gasteiger partial charge on any atom is -0.403 e. The fourth-order valence-electron chi connectivity index (χ4n) is 3.18. The van der Waals surface area contributed by atoms with Gasteiger partial charge in [0.25, 0.3) is 0 Å². The third-order valence-corrected chi connectivity index (χ3v) is 5.59. The number of benzene rings is 1. The molecule has 4 heteroatoms. The molecule has 2 N–H and O–H groups in total. The van der Waals surface area contributed by atoms with Crippen molar-refractivity contribution in [3.05, 3.63) is 53.4 Å². The van der Waals surface area contributed by atoms with Crippen LogP contribution >= 0.6 is 0 Å². The Hall–Kier alpha value is -1.91. The van der Waals surface area contributed by atoms with E-state index in [2.05, 4.69) is 79.9 Å². The van der Waals surface area contributed by atoms with Crippen LogP contribution in [0, 0.1) is 11.8 Å². The highest BCUT2D eigenvalue weighted by Gasteiger charge is 2.14. The molecule has 0 spiro atoms. The van der Waals surface area contributed by atoms with Crippen LogP contribution in [0.5, 0.6) is 0 Å². The maximum Gasteiger partial charge on any atom is 0.0588 e. The standard InChI is InChI=1S/C23H36N4/c1-6-21(16-25-23(15-24)19(4)18(2)3)22-9-7-20(8-10-22)17-27-13-11-26(5)12-14-27/h6-10,15-16,18-19H,11-14,17,24H2,1-5H3/b21-6+,23-15-,25-16-/t19-/m0/s1. The number of hydrogen-bond acceptors (Lipinski definition) is 4. The van der Waals surface area contributed by atoms with E-state index in [-0.39, 0.29) is 0 Å². The molecule has 27 heavy (non-hydrogen) atoms. The predicted molar refractivity (Wildman–Crippen MR) is 118 cm³/mol. The minimum absolute atomic E-state index is 0.343. The average molecular weight is 369 g/mol. The van der Waals surface area contributed by atoms with E-state index in [9.17, 15) is 0 Å². The number of piperazine rings is 1. The largest absolute Gasteiger partial charge is 0.403 e. The third kappa shape index (κ3) is 6.33. The van der Waals surface area contributed by atoms with Crippen LogP contribution in [0.1, 0.15) is 38.8 Å². The van der Waals surface area contributed by atoms with Crippen LogP contribution in [0.3, 0.4) is 0 Å². The van der Waals surface area contributed by atoms with E-state index in [0.717, 1.165) is 44.0 Å². The molecule has 4 nitrogen and oxygen atoms in total. The number of likely N-dealkylation sites (N-methyl/N-ethyl adjacent to an activating group) is 1. The van der Waals surface area contributed by atoms with Crippen LogP contribution in [-0.2, 0) is 6.54 Å². The fourth-order valence-corrected chi connectivity index (χ4v) is 3.18. The molecule has 0 amide bonds. The summed E-state index contributed by atoms with van der Waals surface area (Å²) < 4.78 is 0. The highest BCUT2D eigenvalue weighted by atomic mass is 15.2. The van der Waals surface area contributed by atoms with Crippen LogP contribution in [-0.4, -0.2) is 49.2 Å². The van der Waals surface area contributed by atoms with Crippen LogP contribution in [0.2, 0.25) is 0 Å².